The zero-order valence-corrected chi connectivity index (χ0v) is 11.4. The molecule has 0 aliphatic carbocycles. The molecule has 1 atom stereocenters. The summed E-state index contributed by atoms with van der Waals surface area (Å²) in [5.74, 6) is -3.92. The van der Waals surface area contributed by atoms with E-state index in [-0.39, 0.29) is 5.56 Å². The van der Waals surface area contributed by atoms with Crippen molar-refractivity contribution in [3.63, 3.8) is 0 Å². The van der Waals surface area contributed by atoms with E-state index < -0.39 is 23.5 Å². The molecule has 0 saturated heterocycles. The third-order valence-electron chi connectivity index (χ3n) is 2.35. The van der Waals surface area contributed by atoms with Crippen LogP contribution < -0.4 is 5.73 Å². The summed E-state index contributed by atoms with van der Waals surface area (Å²) in [6.45, 7) is 0. The molecule has 1 nitrogen and oxygen atoms in total. The largest absolute Gasteiger partial charge is 0.320 e. The standard InChI is InChI=1S/C11H7F3INS/c12-7-2-1-6(9(13)10(7)14)11(16)5-3-8(15)17-4-5/h1-4,11H,16H2. The van der Waals surface area contributed by atoms with Gasteiger partial charge < -0.3 is 5.73 Å². The van der Waals surface area contributed by atoms with Gasteiger partial charge in [0, 0.05) is 5.56 Å². The van der Waals surface area contributed by atoms with Crippen LogP contribution >= 0.6 is 33.9 Å². The number of benzene rings is 1. The summed E-state index contributed by atoms with van der Waals surface area (Å²) in [7, 11) is 0. The van der Waals surface area contributed by atoms with Gasteiger partial charge in [-0.25, -0.2) is 13.2 Å². The van der Waals surface area contributed by atoms with Gasteiger partial charge in [-0.05, 0) is 45.7 Å². The van der Waals surface area contributed by atoms with E-state index >= 15 is 0 Å². The Morgan fingerprint density at radius 3 is 2.47 bits per heavy atom. The van der Waals surface area contributed by atoms with Gasteiger partial charge in [0.1, 0.15) is 0 Å². The summed E-state index contributed by atoms with van der Waals surface area (Å²) in [4.78, 5) is 0. The summed E-state index contributed by atoms with van der Waals surface area (Å²) in [6.07, 6.45) is 0. The van der Waals surface area contributed by atoms with E-state index in [2.05, 4.69) is 22.6 Å². The van der Waals surface area contributed by atoms with Crippen LogP contribution in [0.2, 0.25) is 0 Å². The van der Waals surface area contributed by atoms with Crippen LogP contribution in [-0.4, -0.2) is 0 Å². The minimum atomic E-state index is -1.48. The lowest BCUT2D eigenvalue weighted by molar-refractivity contribution is 0.438. The van der Waals surface area contributed by atoms with Gasteiger partial charge in [0.15, 0.2) is 17.5 Å². The van der Waals surface area contributed by atoms with E-state index in [0.29, 0.717) is 5.56 Å². The number of thiophene rings is 1. The molecule has 2 aromatic rings. The summed E-state index contributed by atoms with van der Waals surface area (Å²) in [6, 6.07) is 3.05. The second-order valence-electron chi connectivity index (χ2n) is 3.43. The van der Waals surface area contributed by atoms with E-state index in [1.807, 2.05) is 0 Å². The molecule has 1 heterocycles. The van der Waals surface area contributed by atoms with Crippen molar-refractivity contribution < 1.29 is 13.2 Å². The smallest absolute Gasteiger partial charge is 0.194 e. The van der Waals surface area contributed by atoms with Crippen LogP contribution in [0.5, 0.6) is 0 Å². The Morgan fingerprint density at radius 1 is 1.18 bits per heavy atom. The first-order chi connectivity index (χ1) is 8.00. The van der Waals surface area contributed by atoms with Crippen LogP contribution in [0.4, 0.5) is 13.2 Å². The predicted molar refractivity (Wildman–Crippen MR) is 69.4 cm³/mol. The average molecular weight is 369 g/mol. The maximum absolute atomic E-state index is 13.5. The highest BCUT2D eigenvalue weighted by atomic mass is 127. The molecule has 0 aliphatic heterocycles. The molecule has 6 heteroatoms. The second kappa shape index (κ2) is 4.95. The van der Waals surface area contributed by atoms with Gasteiger partial charge >= 0.3 is 0 Å². The molecule has 0 radical (unpaired) electrons. The summed E-state index contributed by atoms with van der Waals surface area (Å²) in [5, 5.41) is 1.77. The Labute approximate surface area is 114 Å². The molecule has 1 aromatic heterocycles. The number of hydrogen-bond donors (Lipinski definition) is 1. The van der Waals surface area contributed by atoms with Crippen molar-refractivity contribution in [2.45, 2.75) is 6.04 Å². The molecule has 0 amide bonds. The Balaban J connectivity index is 2.44. The number of halogens is 4. The van der Waals surface area contributed by atoms with Crippen molar-refractivity contribution in [3.8, 4) is 0 Å². The quantitative estimate of drug-likeness (QED) is 0.632. The Morgan fingerprint density at radius 2 is 1.88 bits per heavy atom. The van der Waals surface area contributed by atoms with Crippen LogP contribution in [-0.2, 0) is 0 Å². The average Bonchev–Trinajstić information content (AvgIpc) is 2.72. The zero-order valence-electron chi connectivity index (χ0n) is 8.38. The van der Waals surface area contributed by atoms with Crippen molar-refractivity contribution in [2.75, 3.05) is 0 Å². The van der Waals surface area contributed by atoms with Gasteiger partial charge in [0.25, 0.3) is 0 Å². The fraction of sp³-hybridized carbons (Fsp3) is 0.0909. The van der Waals surface area contributed by atoms with Gasteiger partial charge in [-0.1, -0.05) is 6.07 Å². The molecule has 0 saturated carbocycles. The molecule has 0 aliphatic rings. The lowest BCUT2D eigenvalue weighted by atomic mass is 10.0. The SMILES string of the molecule is NC(c1csc(I)c1)c1ccc(F)c(F)c1F. The highest BCUT2D eigenvalue weighted by Crippen LogP contribution is 2.28. The van der Waals surface area contributed by atoms with Gasteiger partial charge in [0.2, 0.25) is 0 Å². The fourth-order valence-electron chi connectivity index (χ4n) is 1.45. The first-order valence-electron chi connectivity index (χ1n) is 4.63. The molecule has 2 N–H and O–H groups in total. The summed E-state index contributed by atoms with van der Waals surface area (Å²) >= 11 is 3.57. The molecule has 2 rings (SSSR count). The number of rotatable bonds is 2. The lowest BCUT2D eigenvalue weighted by Gasteiger charge is -2.12. The van der Waals surface area contributed by atoms with Gasteiger partial charge in [-0.15, -0.1) is 11.3 Å². The van der Waals surface area contributed by atoms with Crippen LogP contribution in [0.1, 0.15) is 17.2 Å². The number of nitrogens with two attached hydrogens (primary N) is 1. The Bertz CT molecular complexity index is 556. The monoisotopic (exact) mass is 369 g/mol. The van der Waals surface area contributed by atoms with E-state index in [1.54, 1.807) is 11.4 Å². The molecule has 1 unspecified atom stereocenters. The zero-order chi connectivity index (χ0) is 12.6. The van der Waals surface area contributed by atoms with Crippen LogP contribution in [0.15, 0.2) is 23.6 Å². The molecular weight excluding hydrogens is 362 g/mol. The van der Waals surface area contributed by atoms with Gasteiger partial charge in [0.05, 0.1) is 8.93 Å². The molecular formula is C11H7F3INS. The summed E-state index contributed by atoms with van der Waals surface area (Å²) < 4.78 is 40.4. The van der Waals surface area contributed by atoms with Crippen molar-refractivity contribution >= 4 is 33.9 Å². The van der Waals surface area contributed by atoms with Crippen LogP contribution in [0.25, 0.3) is 0 Å². The predicted octanol–water partition coefficient (Wildman–Crippen LogP) is 3.82. The highest BCUT2D eigenvalue weighted by molar-refractivity contribution is 14.1. The van der Waals surface area contributed by atoms with Gasteiger partial charge in [-0.2, -0.15) is 0 Å². The lowest BCUT2D eigenvalue weighted by Crippen LogP contribution is -2.14. The first-order valence-corrected chi connectivity index (χ1v) is 6.59. The Hall–Kier alpha value is -0.600. The molecule has 0 fully saturated rings. The minimum Gasteiger partial charge on any atom is -0.320 e. The van der Waals surface area contributed by atoms with Crippen molar-refractivity contribution in [2.24, 2.45) is 5.73 Å². The van der Waals surface area contributed by atoms with Crippen molar-refractivity contribution in [1.29, 1.82) is 0 Å². The van der Waals surface area contributed by atoms with Gasteiger partial charge in [-0.3, -0.25) is 0 Å². The molecule has 90 valence electrons. The van der Waals surface area contributed by atoms with Crippen molar-refractivity contribution in [1.82, 2.24) is 0 Å². The van der Waals surface area contributed by atoms with E-state index in [1.165, 1.54) is 17.4 Å². The molecule has 0 bridgehead atoms. The van der Waals surface area contributed by atoms with E-state index in [4.69, 9.17) is 5.73 Å². The maximum Gasteiger partial charge on any atom is 0.194 e. The second-order valence-corrected chi connectivity index (χ2v) is 6.23. The normalized spacial score (nSPS) is 12.8. The summed E-state index contributed by atoms with van der Waals surface area (Å²) in [5.41, 5.74) is 6.46. The number of hydrogen-bond acceptors (Lipinski definition) is 2. The molecule has 17 heavy (non-hydrogen) atoms. The third-order valence-corrected chi connectivity index (χ3v) is 4.15. The highest BCUT2D eigenvalue weighted by Gasteiger charge is 2.20. The maximum atomic E-state index is 13.5. The van der Waals surface area contributed by atoms with E-state index in [0.717, 1.165) is 8.95 Å². The van der Waals surface area contributed by atoms with E-state index in [9.17, 15) is 13.2 Å². The minimum absolute atomic E-state index is 0.0434. The third kappa shape index (κ3) is 2.48. The Kier molecular flexibility index (Phi) is 3.74. The first kappa shape index (κ1) is 12.8. The molecule has 0 spiro atoms. The molecule has 1 aromatic carbocycles. The van der Waals surface area contributed by atoms with Crippen LogP contribution in [0.3, 0.4) is 0 Å². The topological polar surface area (TPSA) is 26.0 Å². The fourth-order valence-corrected chi connectivity index (χ4v) is 2.86. The van der Waals surface area contributed by atoms with Crippen molar-refractivity contribution in [3.05, 3.63) is 55.0 Å². The van der Waals surface area contributed by atoms with Crippen LogP contribution in [0, 0.1) is 20.3 Å².